The summed E-state index contributed by atoms with van der Waals surface area (Å²) in [4.78, 5) is 31.0. The minimum Gasteiger partial charge on any atom is -0.459 e. The normalized spacial score (nSPS) is 15.7. The molecule has 2 aromatic heterocycles. The predicted molar refractivity (Wildman–Crippen MR) is 80.9 cm³/mol. The van der Waals surface area contributed by atoms with Gasteiger partial charge in [-0.15, -0.1) is 11.3 Å². The lowest BCUT2D eigenvalue weighted by Crippen LogP contribution is -3.15. The van der Waals surface area contributed by atoms with E-state index in [-0.39, 0.29) is 11.8 Å². The van der Waals surface area contributed by atoms with Crippen molar-refractivity contribution in [2.24, 2.45) is 0 Å². The van der Waals surface area contributed by atoms with E-state index >= 15 is 0 Å². The van der Waals surface area contributed by atoms with Crippen LogP contribution in [0.25, 0.3) is 0 Å². The van der Waals surface area contributed by atoms with Crippen LogP contribution in [0.5, 0.6) is 0 Å². The smallest absolute Gasteiger partial charge is 0.289 e. The van der Waals surface area contributed by atoms with Gasteiger partial charge in [-0.2, -0.15) is 0 Å². The summed E-state index contributed by atoms with van der Waals surface area (Å²) in [5, 5.41) is 5.22. The van der Waals surface area contributed by atoms with Crippen molar-refractivity contribution in [1.82, 2.24) is 9.88 Å². The topological polar surface area (TPSA) is 79.9 Å². The number of amides is 2. The van der Waals surface area contributed by atoms with Gasteiger partial charge in [-0.25, -0.2) is 4.98 Å². The lowest BCUT2D eigenvalue weighted by Gasteiger charge is -2.31. The summed E-state index contributed by atoms with van der Waals surface area (Å²) < 4.78 is 5.13. The molecule has 0 unspecified atom stereocenters. The number of nitrogens with one attached hydrogen (secondary N) is 2. The number of quaternary nitrogens is 1. The van der Waals surface area contributed by atoms with Gasteiger partial charge in [0.15, 0.2) is 17.4 Å². The number of aromatic nitrogens is 1. The highest BCUT2D eigenvalue weighted by molar-refractivity contribution is 7.13. The second-order valence-electron chi connectivity index (χ2n) is 5.08. The van der Waals surface area contributed by atoms with Crippen molar-refractivity contribution in [3.63, 3.8) is 0 Å². The van der Waals surface area contributed by atoms with Gasteiger partial charge in [0.25, 0.3) is 11.8 Å². The minimum absolute atomic E-state index is 0.0456. The Bertz CT molecular complexity index is 619. The second kappa shape index (κ2) is 6.71. The number of nitrogens with zero attached hydrogens (tertiary/aromatic N) is 2. The van der Waals surface area contributed by atoms with E-state index in [4.69, 9.17) is 4.42 Å². The molecule has 3 rings (SSSR count). The van der Waals surface area contributed by atoms with Crippen molar-refractivity contribution in [3.8, 4) is 0 Å². The SMILES string of the molecule is O=C(C[NH+]1CCN(C(=O)c2ccco2)CC1)Nc1nccs1. The zero-order valence-corrected chi connectivity index (χ0v) is 12.8. The maximum absolute atomic E-state index is 12.1. The van der Waals surface area contributed by atoms with Crippen LogP contribution in [-0.2, 0) is 4.79 Å². The van der Waals surface area contributed by atoms with Crippen molar-refractivity contribution in [2.75, 3.05) is 38.0 Å². The third kappa shape index (κ3) is 3.52. The van der Waals surface area contributed by atoms with Crippen LogP contribution in [0, 0.1) is 0 Å². The zero-order chi connectivity index (χ0) is 15.4. The minimum atomic E-state index is -0.0868. The number of thiazole rings is 1. The third-order valence-electron chi connectivity index (χ3n) is 3.58. The van der Waals surface area contributed by atoms with E-state index in [0.29, 0.717) is 30.5 Å². The molecule has 8 heteroatoms. The van der Waals surface area contributed by atoms with Crippen molar-refractivity contribution in [2.45, 2.75) is 0 Å². The first-order valence-electron chi connectivity index (χ1n) is 7.08. The molecule has 0 saturated carbocycles. The average molecular weight is 321 g/mol. The van der Waals surface area contributed by atoms with Crippen molar-refractivity contribution in [1.29, 1.82) is 0 Å². The van der Waals surface area contributed by atoms with E-state index in [1.807, 2.05) is 5.38 Å². The lowest BCUT2D eigenvalue weighted by atomic mass is 10.3. The van der Waals surface area contributed by atoms with Crippen LogP contribution < -0.4 is 10.2 Å². The Hall–Kier alpha value is -2.19. The van der Waals surface area contributed by atoms with E-state index in [0.717, 1.165) is 18.0 Å². The second-order valence-corrected chi connectivity index (χ2v) is 5.98. The molecule has 2 N–H and O–H groups in total. The summed E-state index contributed by atoms with van der Waals surface area (Å²) in [6.07, 6.45) is 3.16. The molecule has 1 aliphatic heterocycles. The number of piperazine rings is 1. The first-order chi connectivity index (χ1) is 10.7. The summed E-state index contributed by atoms with van der Waals surface area (Å²) in [7, 11) is 0. The first kappa shape index (κ1) is 14.7. The molecule has 0 spiro atoms. The molecule has 1 aliphatic rings. The number of anilines is 1. The molecule has 0 aliphatic carbocycles. The molecule has 2 aromatic rings. The predicted octanol–water partition coefficient (Wildman–Crippen LogP) is -0.284. The molecule has 3 heterocycles. The van der Waals surface area contributed by atoms with Crippen molar-refractivity contribution in [3.05, 3.63) is 35.7 Å². The molecule has 0 aromatic carbocycles. The molecule has 0 bridgehead atoms. The van der Waals surface area contributed by atoms with E-state index in [2.05, 4.69) is 10.3 Å². The summed E-state index contributed by atoms with van der Waals surface area (Å²) in [6, 6.07) is 3.38. The Labute approximate surface area is 131 Å². The number of carbonyl (C=O) groups excluding carboxylic acids is 2. The third-order valence-corrected chi connectivity index (χ3v) is 4.27. The summed E-state index contributed by atoms with van der Waals surface area (Å²) in [5.74, 6) is 0.233. The van der Waals surface area contributed by atoms with Gasteiger partial charge in [0.2, 0.25) is 0 Å². The standard InChI is InChI=1S/C14H16N4O3S/c19-12(16-14-15-3-9-22-14)10-17-4-6-18(7-5-17)13(20)11-2-1-8-21-11/h1-3,8-9H,4-7,10H2,(H,15,16,19)/p+1. The number of hydrogen-bond acceptors (Lipinski definition) is 5. The Morgan fingerprint density at radius 2 is 2.23 bits per heavy atom. The Balaban J connectivity index is 1.45. The fourth-order valence-electron chi connectivity index (χ4n) is 2.43. The molecule has 2 amide bonds. The molecule has 0 radical (unpaired) electrons. The largest absolute Gasteiger partial charge is 0.459 e. The fourth-order valence-corrected chi connectivity index (χ4v) is 2.98. The van der Waals surface area contributed by atoms with Gasteiger partial charge in [-0.3, -0.25) is 14.9 Å². The van der Waals surface area contributed by atoms with E-state index < -0.39 is 0 Å². The van der Waals surface area contributed by atoms with E-state index in [1.54, 1.807) is 23.2 Å². The van der Waals surface area contributed by atoms with Gasteiger partial charge in [-0.05, 0) is 12.1 Å². The van der Waals surface area contributed by atoms with Crippen LogP contribution in [0.3, 0.4) is 0 Å². The van der Waals surface area contributed by atoms with Crippen LogP contribution in [0.4, 0.5) is 5.13 Å². The number of hydrogen-bond donors (Lipinski definition) is 2. The highest BCUT2D eigenvalue weighted by Crippen LogP contribution is 2.09. The average Bonchev–Trinajstić information content (AvgIpc) is 3.20. The number of carbonyl (C=O) groups is 2. The molecule has 7 nitrogen and oxygen atoms in total. The molecular formula is C14H17N4O3S+. The Kier molecular flexibility index (Phi) is 4.50. The summed E-state index contributed by atoms with van der Waals surface area (Å²) in [6.45, 7) is 3.14. The van der Waals surface area contributed by atoms with Crippen LogP contribution in [-0.4, -0.2) is 54.4 Å². The summed E-state index contributed by atoms with van der Waals surface area (Å²) in [5.41, 5.74) is 0. The highest BCUT2D eigenvalue weighted by Gasteiger charge is 2.27. The van der Waals surface area contributed by atoms with Gasteiger partial charge in [0.05, 0.1) is 32.4 Å². The Morgan fingerprint density at radius 1 is 1.41 bits per heavy atom. The fraction of sp³-hybridized carbons (Fsp3) is 0.357. The zero-order valence-electron chi connectivity index (χ0n) is 11.9. The van der Waals surface area contributed by atoms with Gasteiger partial charge in [-0.1, -0.05) is 0 Å². The molecule has 0 atom stereocenters. The number of furan rings is 1. The lowest BCUT2D eigenvalue weighted by molar-refractivity contribution is -0.895. The summed E-state index contributed by atoms with van der Waals surface area (Å²) >= 11 is 1.40. The van der Waals surface area contributed by atoms with Gasteiger partial charge in [0.1, 0.15) is 0 Å². The molecule has 1 fully saturated rings. The van der Waals surface area contributed by atoms with Gasteiger partial charge >= 0.3 is 0 Å². The quantitative estimate of drug-likeness (QED) is 0.811. The highest BCUT2D eigenvalue weighted by atomic mass is 32.1. The van der Waals surface area contributed by atoms with Crippen LogP contribution >= 0.6 is 11.3 Å². The Morgan fingerprint density at radius 3 is 2.86 bits per heavy atom. The molecule has 22 heavy (non-hydrogen) atoms. The maximum Gasteiger partial charge on any atom is 0.289 e. The van der Waals surface area contributed by atoms with E-state index in [9.17, 15) is 9.59 Å². The first-order valence-corrected chi connectivity index (χ1v) is 7.96. The monoisotopic (exact) mass is 321 g/mol. The van der Waals surface area contributed by atoms with Gasteiger partial charge in [0, 0.05) is 11.6 Å². The number of rotatable bonds is 4. The maximum atomic E-state index is 12.1. The van der Waals surface area contributed by atoms with Gasteiger partial charge < -0.3 is 14.2 Å². The van der Waals surface area contributed by atoms with Crippen molar-refractivity contribution < 1.29 is 18.9 Å². The van der Waals surface area contributed by atoms with Crippen LogP contribution in [0.15, 0.2) is 34.4 Å². The van der Waals surface area contributed by atoms with Crippen LogP contribution in [0.2, 0.25) is 0 Å². The van der Waals surface area contributed by atoms with Crippen molar-refractivity contribution >= 4 is 28.3 Å². The molecule has 1 saturated heterocycles. The molecular weight excluding hydrogens is 304 g/mol. The van der Waals surface area contributed by atoms with E-state index in [1.165, 1.54) is 17.6 Å². The van der Waals surface area contributed by atoms with Crippen LogP contribution in [0.1, 0.15) is 10.6 Å². The molecule has 116 valence electrons.